The van der Waals surface area contributed by atoms with Crippen molar-refractivity contribution in [2.24, 2.45) is 5.92 Å². The Balaban J connectivity index is 1.85. The van der Waals surface area contributed by atoms with Gasteiger partial charge in [0.25, 0.3) is 0 Å². The molecule has 1 fully saturated rings. The number of halogens is 1. The number of hydrogen-bond acceptors (Lipinski definition) is 7. The molecule has 0 bridgehead atoms. The maximum absolute atomic E-state index is 14.0. The monoisotopic (exact) mass is 568 g/mol. The van der Waals surface area contributed by atoms with Crippen LogP contribution in [-0.4, -0.2) is 47.4 Å². The van der Waals surface area contributed by atoms with Gasteiger partial charge in [0, 0.05) is 23.2 Å². The number of methoxy groups -OCH3 is 5. The van der Waals surface area contributed by atoms with Crippen LogP contribution < -0.4 is 33.9 Å². The first kappa shape index (κ1) is 28.9. The molecule has 1 aliphatic rings. The molecule has 0 aliphatic carbocycles. The van der Waals surface area contributed by atoms with Gasteiger partial charge in [0.15, 0.2) is 11.5 Å². The van der Waals surface area contributed by atoms with Crippen molar-refractivity contribution in [2.45, 2.75) is 25.8 Å². The quantitative estimate of drug-likeness (QED) is 0.348. The third-order valence-corrected chi connectivity index (χ3v) is 7.47. The number of carbonyl (C=O) groups excluding carboxylic acids is 2. The van der Waals surface area contributed by atoms with Crippen molar-refractivity contribution < 1.29 is 33.3 Å². The van der Waals surface area contributed by atoms with E-state index in [0.717, 1.165) is 5.56 Å². The number of piperidine rings is 1. The topological polar surface area (TPSA) is 95.6 Å². The lowest BCUT2D eigenvalue weighted by Crippen LogP contribution is -2.47. The number of hydrogen-bond donors (Lipinski definition) is 1. The molecule has 3 aromatic rings. The van der Waals surface area contributed by atoms with Crippen LogP contribution in [0.4, 0.5) is 11.4 Å². The normalized spacial score (nSPS) is 16.8. The summed E-state index contributed by atoms with van der Waals surface area (Å²) >= 11 is 6.48. The highest BCUT2D eigenvalue weighted by Gasteiger charge is 2.42. The first-order chi connectivity index (χ1) is 19.3. The maximum atomic E-state index is 14.0. The minimum Gasteiger partial charge on any atom is -0.497 e. The van der Waals surface area contributed by atoms with E-state index in [-0.39, 0.29) is 18.2 Å². The summed E-state index contributed by atoms with van der Waals surface area (Å²) in [5, 5.41) is 3.52. The summed E-state index contributed by atoms with van der Waals surface area (Å²) in [7, 11) is 7.63. The largest absolute Gasteiger partial charge is 0.497 e. The maximum Gasteiger partial charge on any atom is 0.230 e. The van der Waals surface area contributed by atoms with Gasteiger partial charge in [0.2, 0.25) is 17.6 Å². The van der Waals surface area contributed by atoms with Crippen molar-refractivity contribution in [1.29, 1.82) is 0 Å². The molecule has 4 rings (SSSR count). The van der Waals surface area contributed by atoms with Gasteiger partial charge in [0.05, 0.1) is 53.2 Å². The Morgan fingerprint density at radius 2 is 1.55 bits per heavy atom. The molecule has 1 aliphatic heterocycles. The molecule has 0 saturated carbocycles. The fraction of sp³-hybridized carbons (Fsp3) is 0.333. The van der Waals surface area contributed by atoms with Crippen LogP contribution in [0.15, 0.2) is 48.5 Å². The summed E-state index contributed by atoms with van der Waals surface area (Å²) in [6.07, 6.45) is 0.491. The zero-order chi connectivity index (χ0) is 29.0. The Bertz CT molecular complexity index is 1390. The van der Waals surface area contributed by atoms with Crippen molar-refractivity contribution in [3.63, 3.8) is 0 Å². The number of carbonyl (C=O) groups is 2. The van der Waals surface area contributed by atoms with Gasteiger partial charge in [0.1, 0.15) is 11.5 Å². The zero-order valence-corrected chi connectivity index (χ0v) is 24.1. The number of nitrogens with one attached hydrogen (secondary N) is 1. The third-order valence-electron chi connectivity index (χ3n) is 7.06. The standard InChI is InChI=1S/C30H33ClN2O7/c1-17-7-8-19(15-22(17)31)33-27(34)12-10-21(30(35)32-23-11-9-20(36-2)16-24(23)37-3)28(33)18-13-25(38-4)29(40-6)26(14-18)39-5/h7-9,11,13-16,21,28H,10,12H2,1-6H3,(H,32,35)/t21-,28-/m0/s1. The van der Waals surface area contributed by atoms with Gasteiger partial charge in [-0.3, -0.25) is 9.59 Å². The lowest BCUT2D eigenvalue weighted by atomic mass is 9.82. The lowest BCUT2D eigenvalue weighted by molar-refractivity contribution is -0.126. The van der Waals surface area contributed by atoms with Gasteiger partial charge < -0.3 is 33.9 Å². The first-order valence-electron chi connectivity index (χ1n) is 12.7. The molecule has 0 unspecified atom stereocenters. The van der Waals surface area contributed by atoms with Crippen LogP contribution in [-0.2, 0) is 9.59 Å². The summed E-state index contributed by atoms with van der Waals surface area (Å²) in [6, 6.07) is 13.4. The van der Waals surface area contributed by atoms with Crippen molar-refractivity contribution in [3.05, 3.63) is 64.7 Å². The van der Waals surface area contributed by atoms with Crippen LogP contribution in [0.5, 0.6) is 28.7 Å². The minimum atomic E-state index is -0.710. The van der Waals surface area contributed by atoms with Crippen molar-refractivity contribution in [2.75, 3.05) is 45.8 Å². The number of benzene rings is 3. The molecule has 2 atom stereocenters. The molecule has 1 saturated heterocycles. The molecule has 40 heavy (non-hydrogen) atoms. The number of ether oxygens (including phenoxy) is 5. The summed E-state index contributed by atoms with van der Waals surface area (Å²) in [5.74, 6) is 1.21. The van der Waals surface area contributed by atoms with E-state index in [1.54, 1.807) is 48.4 Å². The van der Waals surface area contributed by atoms with E-state index >= 15 is 0 Å². The zero-order valence-electron chi connectivity index (χ0n) is 23.4. The molecule has 10 heteroatoms. The van der Waals surface area contributed by atoms with Crippen LogP contribution in [0.3, 0.4) is 0 Å². The third kappa shape index (κ3) is 5.60. The highest BCUT2D eigenvalue weighted by Crippen LogP contribution is 2.46. The predicted octanol–water partition coefficient (Wildman–Crippen LogP) is 5.81. The fourth-order valence-corrected chi connectivity index (χ4v) is 5.16. The first-order valence-corrected chi connectivity index (χ1v) is 13.0. The Kier molecular flexibility index (Phi) is 8.94. The van der Waals surface area contributed by atoms with Gasteiger partial charge in [-0.25, -0.2) is 0 Å². The van der Waals surface area contributed by atoms with Crippen molar-refractivity contribution in [3.8, 4) is 28.7 Å². The SMILES string of the molecule is COc1ccc(NC(=O)[C@H]2CCC(=O)N(c3ccc(C)c(Cl)c3)[C@H]2c2cc(OC)c(OC)c(OC)c2)c(OC)c1. The van der Waals surface area contributed by atoms with E-state index in [0.29, 0.717) is 57.1 Å². The fourth-order valence-electron chi connectivity index (χ4n) is 4.98. The number of nitrogens with zero attached hydrogens (tertiary/aromatic N) is 1. The van der Waals surface area contributed by atoms with Crippen LogP contribution in [0.1, 0.15) is 30.0 Å². The van der Waals surface area contributed by atoms with E-state index in [2.05, 4.69) is 5.32 Å². The van der Waals surface area contributed by atoms with E-state index in [1.165, 1.54) is 28.4 Å². The van der Waals surface area contributed by atoms with E-state index in [4.69, 9.17) is 35.3 Å². The molecule has 1 heterocycles. The molecule has 2 amide bonds. The van der Waals surface area contributed by atoms with E-state index in [9.17, 15) is 9.59 Å². The van der Waals surface area contributed by atoms with Crippen LogP contribution in [0, 0.1) is 12.8 Å². The Morgan fingerprint density at radius 1 is 0.875 bits per heavy atom. The summed E-state index contributed by atoms with van der Waals surface area (Å²) in [5.41, 5.74) is 2.58. The van der Waals surface area contributed by atoms with E-state index < -0.39 is 12.0 Å². The molecule has 1 N–H and O–H groups in total. The molecule has 0 aromatic heterocycles. The van der Waals surface area contributed by atoms with Gasteiger partial charge in [-0.1, -0.05) is 17.7 Å². The summed E-state index contributed by atoms with van der Waals surface area (Å²) in [4.78, 5) is 29.1. The van der Waals surface area contributed by atoms with Gasteiger partial charge >= 0.3 is 0 Å². The molecule has 0 spiro atoms. The van der Waals surface area contributed by atoms with Gasteiger partial charge in [-0.05, 0) is 60.9 Å². The molecule has 0 radical (unpaired) electrons. The van der Waals surface area contributed by atoms with E-state index in [1.807, 2.05) is 19.1 Å². The highest BCUT2D eigenvalue weighted by atomic mass is 35.5. The minimum absolute atomic E-state index is 0.134. The summed E-state index contributed by atoms with van der Waals surface area (Å²) in [6.45, 7) is 1.89. The number of anilines is 2. The van der Waals surface area contributed by atoms with Crippen LogP contribution in [0.25, 0.3) is 0 Å². The van der Waals surface area contributed by atoms with Crippen LogP contribution in [0.2, 0.25) is 5.02 Å². The van der Waals surface area contributed by atoms with Crippen molar-refractivity contribution >= 4 is 34.8 Å². The average molecular weight is 569 g/mol. The molecular formula is C30H33ClN2O7. The predicted molar refractivity (Wildman–Crippen MR) is 153 cm³/mol. The number of rotatable bonds is 9. The molecule has 9 nitrogen and oxygen atoms in total. The highest BCUT2D eigenvalue weighted by molar-refractivity contribution is 6.31. The molecule has 212 valence electrons. The second-order valence-electron chi connectivity index (χ2n) is 9.30. The average Bonchev–Trinajstić information content (AvgIpc) is 2.97. The smallest absolute Gasteiger partial charge is 0.230 e. The molecule has 3 aromatic carbocycles. The van der Waals surface area contributed by atoms with Crippen molar-refractivity contribution in [1.82, 2.24) is 0 Å². The second kappa shape index (κ2) is 12.4. The second-order valence-corrected chi connectivity index (χ2v) is 9.71. The Morgan fingerprint density at radius 3 is 2.12 bits per heavy atom. The Labute approximate surface area is 238 Å². The van der Waals surface area contributed by atoms with Gasteiger partial charge in [-0.2, -0.15) is 0 Å². The Hall–Kier alpha value is -4.11. The van der Waals surface area contributed by atoms with Gasteiger partial charge in [-0.15, -0.1) is 0 Å². The number of amides is 2. The summed E-state index contributed by atoms with van der Waals surface area (Å²) < 4.78 is 27.5. The number of aryl methyl sites for hydroxylation is 1. The van der Waals surface area contributed by atoms with Crippen LogP contribution >= 0.6 is 11.6 Å². The lowest BCUT2D eigenvalue weighted by Gasteiger charge is -2.41. The molecular weight excluding hydrogens is 536 g/mol.